The molecule has 0 bridgehead atoms. The number of nitrogens with zero attached hydrogens (tertiary/aromatic N) is 3. The molecule has 96 valence electrons. The van der Waals surface area contributed by atoms with E-state index in [1.54, 1.807) is 11.3 Å². The Hall–Kier alpha value is -1.36. The van der Waals surface area contributed by atoms with Gasteiger partial charge in [-0.1, -0.05) is 6.92 Å². The Morgan fingerprint density at radius 2 is 2.22 bits per heavy atom. The minimum Gasteiger partial charge on any atom is -0.357 e. The van der Waals surface area contributed by atoms with Gasteiger partial charge in [-0.2, -0.15) is 4.98 Å². The molecule has 1 aliphatic rings. The Labute approximate surface area is 111 Å². The van der Waals surface area contributed by atoms with Crippen LogP contribution in [0.3, 0.4) is 0 Å². The van der Waals surface area contributed by atoms with Crippen molar-refractivity contribution in [2.45, 2.75) is 32.2 Å². The molecule has 0 aliphatic heterocycles. The van der Waals surface area contributed by atoms with Crippen molar-refractivity contribution in [1.82, 2.24) is 9.97 Å². The molecule has 0 spiro atoms. The molecule has 5 heteroatoms. The smallest absolute Gasteiger partial charge is 0.225 e. The van der Waals surface area contributed by atoms with Gasteiger partial charge in [0, 0.05) is 25.0 Å². The lowest BCUT2D eigenvalue weighted by Gasteiger charge is -2.18. The fourth-order valence-electron chi connectivity index (χ4n) is 2.15. The van der Waals surface area contributed by atoms with Crippen LogP contribution in [0.1, 0.15) is 24.6 Å². The molecule has 0 radical (unpaired) electrons. The molecule has 18 heavy (non-hydrogen) atoms. The van der Waals surface area contributed by atoms with E-state index < -0.39 is 0 Å². The van der Waals surface area contributed by atoms with Gasteiger partial charge in [0.1, 0.15) is 10.6 Å². The van der Waals surface area contributed by atoms with E-state index in [2.05, 4.69) is 40.2 Å². The molecule has 0 aromatic carbocycles. The first-order valence-corrected chi connectivity index (χ1v) is 7.25. The molecular weight excluding hydrogens is 244 g/mol. The maximum atomic E-state index is 4.64. The van der Waals surface area contributed by atoms with Gasteiger partial charge in [0.15, 0.2) is 0 Å². The SMILES string of the molecule is CCc1cc2c(N(C)C3CC3)nc(NC)nc2s1. The summed E-state index contributed by atoms with van der Waals surface area (Å²) < 4.78 is 0. The number of aryl methyl sites for hydroxylation is 1. The van der Waals surface area contributed by atoms with Gasteiger partial charge < -0.3 is 10.2 Å². The minimum atomic E-state index is 0.665. The molecule has 0 amide bonds. The number of fused-ring (bicyclic) bond motifs is 1. The maximum absolute atomic E-state index is 4.64. The number of hydrogen-bond acceptors (Lipinski definition) is 5. The van der Waals surface area contributed by atoms with Crippen LogP contribution in [0, 0.1) is 0 Å². The third kappa shape index (κ3) is 1.92. The van der Waals surface area contributed by atoms with Crippen LogP contribution >= 0.6 is 11.3 Å². The predicted octanol–water partition coefficient (Wildman–Crippen LogP) is 2.89. The molecular formula is C13H18N4S. The summed E-state index contributed by atoms with van der Waals surface area (Å²) in [4.78, 5) is 14.0. The maximum Gasteiger partial charge on any atom is 0.225 e. The van der Waals surface area contributed by atoms with Crippen LogP contribution < -0.4 is 10.2 Å². The van der Waals surface area contributed by atoms with Crippen molar-refractivity contribution >= 4 is 33.3 Å². The predicted molar refractivity (Wildman–Crippen MR) is 77.8 cm³/mol. The van der Waals surface area contributed by atoms with E-state index in [0.29, 0.717) is 6.04 Å². The fourth-order valence-corrected chi connectivity index (χ4v) is 3.11. The molecule has 1 aliphatic carbocycles. The first-order valence-electron chi connectivity index (χ1n) is 6.44. The largest absolute Gasteiger partial charge is 0.357 e. The summed E-state index contributed by atoms with van der Waals surface area (Å²) in [6.07, 6.45) is 3.62. The summed E-state index contributed by atoms with van der Waals surface area (Å²) in [5, 5.41) is 4.26. The number of rotatable bonds is 4. The summed E-state index contributed by atoms with van der Waals surface area (Å²) in [5.41, 5.74) is 0. The highest BCUT2D eigenvalue weighted by Crippen LogP contribution is 2.36. The standard InChI is InChI=1S/C13H18N4S/c1-4-9-7-10-11(17(3)8-5-6-8)15-13(14-2)16-12(10)18-9/h7-8H,4-6H2,1-3H3,(H,14,15,16). The summed E-state index contributed by atoms with van der Waals surface area (Å²) in [5.74, 6) is 1.79. The highest BCUT2D eigenvalue weighted by atomic mass is 32.1. The lowest BCUT2D eigenvalue weighted by molar-refractivity contribution is 0.896. The summed E-state index contributed by atoms with van der Waals surface area (Å²) in [6.45, 7) is 2.18. The Kier molecular flexibility index (Phi) is 2.86. The zero-order valence-electron chi connectivity index (χ0n) is 11.0. The molecule has 2 heterocycles. The topological polar surface area (TPSA) is 41.1 Å². The van der Waals surface area contributed by atoms with Crippen LogP contribution in [0.2, 0.25) is 0 Å². The van der Waals surface area contributed by atoms with Crippen LogP contribution in [0.4, 0.5) is 11.8 Å². The van der Waals surface area contributed by atoms with Crippen molar-refractivity contribution in [2.24, 2.45) is 0 Å². The average molecular weight is 262 g/mol. The molecule has 2 aromatic heterocycles. The summed E-state index contributed by atoms with van der Waals surface area (Å²) in [6, 6.07) is 2.91. The van der Waals surface area contributed by atoms with E-state index in [1.807, 2.05) is 7.05 Å². The molecule has 0 unspecified atom stereocenters. The first-order chi connectivity index (χ1) is 8.72. The van der Waals surface area contributed by atoms with Gasteiger partial charge in [-0.05, 0) is 25.3 Å². The van der Waals surface area contributed by atoms with E-state index in [1.165, 1.54) is 23.1 Å². The second-order valence-corrected chi connectivity index (χ2v) is 5.86. The van der Waals surface area contributed by atoms with Crippen molar-refractivity contribution in [3.63, 3.8) is 0 Å². The second-order valence-electron chi connectivity index (χ2n) is 4.75. The van der Waals surface area contributed by atoms with Crippen LogP contribution in [0.25, 0.3) is 10.2 Å². The van der Waals surface area contributed by atoms with Crippen LogP contribution in [0.15, 0.2) is 6.07 Å². The van der Waals surface area contributed by atoms with Gasteiger partial charge in [-0.15, -0.1) is 11.3 Å². The Balaban J connectivity index is 2.15. The first kappa shape index (κ1) is 11.7. The molecule has 3 rings (SSSR count). The van der Waals surface area contributed by atoms with E-state index in [4.69, 9.17) is 0 Å². The van der Waals surface area contributed by atoms with E-state index in [-0.39, 0.29) is 0 Å². The lowest BCUT2D eigenvalue weighted by Crippen LogP contribution is -2.21. The van der Waals surface area contributed by atoms with Crippen molar-refractivity contribution in [2.75, 3.05) is 24.3 Å². The molecule has 0 saturated heterocycles. The minimum absolute atomic E-state index is 0.665. The number of anilines is 2. The second kappa shape index (κ2) is 4.39. The average Bonchev–Trinajstić information content (AvgIpc) is 3.15. The third-order valence-corrected chi connectivity index (χ3v) is 4.60. The molecule has 2 aromatic rings. The highest BCUT2D eigenvalue weighted by molar-refractivity contribution is 7.18. The number of thiophene rings is 1. The van der Waals surface area contributed by atoms with E-state index in [0.717, 1.165) is 23.0 Å². The van der Waals surface area contributed by atoms with Gasteiger partial charge in [0.25, 0.3) is 0 Å². The van der Waals surface area contributed by atoms with E-state index in [9.17, 15) is 0 Å². The zero-order valence-corrected chi connectivity index (χ0v) is 11.8. The molecule has 1 N–H and O–H groups in total. The van der Waals surface area contributed by atoms with Crippen molar-refractivity contribution in [3.8, 4) is 0 Å². The van der Waals surface area contributed by atoms with Crippen molar-refractivity contribution in [1.29, 1.82) is 0 Å². The fraction of sp³-hybridized carbons (Fsp3) is 0.538. The number of hydrogen-bond donors (Lipinski definition) is 1. The van der Waals surface area contributed by atoms with Gasteiger partial charge in [0.05, 0.1) is 5.39 Å². The summed E-state index contributed by atoms with van der Waals surface area (Å²) >= 11 is 1.77. The number of nitrogens with one attached hydrogen (secondary N) is 1. The van der Waals surface area contributed by atoms with Crippen LogP contribution in [0.5, 0.6) is 0 Å². The number of aromatic nitrogens is 2. The van der Waals surface area contributed by atoms with Crippen molar-refractivity contribution in [3.05, 3.63) is 10.9 Å². The van der Waals surface area contributed by atoms with E-state index >= 15 is 0 Å². The molecule has 0 atom stereocenters. The third-order valence-electron chi connectivity index (χ3n) is 3.42. The lowest BCUT2D eigenvalue weighted by atomic mass is 10.3. The Bertz CT molecular complexity index is 574. The molecule has 1 saturated carbocycles. The van der Waals surface area contributed by atoms with Gasteiger partial charge >= 0.3 is 0 Å². The monoisotopic (exact) mass is 262 g/mol. The van der Waals surface area contributed by atoms with Crippen molar-refractivity contribution < 1.29 is 0 Å². The Morgan fingerprint density at radius 3 is 2.83 bits per heavy atom. The quantitative estimate of drug-likeness (QED) is 0.920. The Morgan fingerprint density at radius 1 is 1.44 bits per heavy atom. The molecule has 4 nitrogen and oxygen atoms in total. The van der Waals surface area contributed by atoms with Crippen LogP contribution in [-0.4, -0.2) is 30.1 Å². The highest BCUT2D eigenvalue weighted by Gasteiger charge is 2.29. The normalized spacial score (nSPS) is 15.1. The molecule has 1 fully saturated rings. The van der Waals surface area contributed by atoms with Gasteiger partial charge in [0.2, 0.25) is 5.95 Å². The van der Waals surface area contributed by atoms with Crippen LogP contribution in [-0.2, 0) is 6.42 Å². The summed E-state index contributed by atoms with van der Waals surface area (Å²) in [7, 11) is 4.01. The van der Waals surface area contributed by atoms with Gasteiger partial charge in [-0.3, -0.25) is 0 Å². The zero-order chi connectivity index (χ0) is 12.7. The van der Waals surface area contributed by atoms with Gasteiger partial charge in [-0.25, -0.2) is 4.98 Å².